The molecule has 0 fully saturated rings. The molecule has 0 atom stereocenters. The van der Waals surface area contributed by atoms with Gasteiger partial charge in [0.2, 0.25) is 0 Å². The number of benzene rings is 3. The second-order valence-corrected chi connectivity index (χ2v) is 7.79. The number of nitrogens with zero attached hydrogens (tertiary/aromatic N) is 2. The molecule has 0 saturated carbocycles. The maximum Gasteiger partial charge on any atom is 0.342 e. The maximum absolute atomic E-state index is 13.0. The lowest BCUT2D eigenvalue weighted by molar-refractivity contribution is -0.119. The topological polar surface area (TPSA) is 82.5 Å². The summed E-state index contributed by atoms with van der Waals surface area (Å²) < 4.78 is 12.2. The van der Waals surface area contributed by atoms with Gasteiger partial charge in [0.15, 0.2) is 6.61 Å². The second kappa shape index (κ2) is 10.0. The van der Waals surface area contributed by atoms with Crippen LogP contribution in [0.4, 0.5) is 5.69 Å². The first-order valence-electron chi connectivity index (χ1n) is 10.8. The van der Waals surface area contributed by atoms with E-state index in [-0.39, 0.29) is 5.56 Å². The Hall–Kier alpha value is -4.39. The molecular formula is C27H25N3O4. The number of nitrogens with one attached hydrogen (secondary N) is 1. The van der Waals surface area contributed by atoms with Gasteiger partial charge >= 0.3 is 5.97 Å². The summed E-state index contributed by atoms with van der Waals surface area (Å²) in [5.41, 5.74) is 4.82. The monoisotopic (exact) mass is 455 g/mol. The Balaban J connectivity index is 1.57. The van der Waals surface area contributed by atoms with Crippen molar-refractivity contribution in [3.05, 3.63) is 95.7 Å². The molecule has 0 saturated heterocycles. The van der Waals surface area contributed by atoms with E-state index in [1.54, 1.807) is 30.1 Å². The number of hydrogen-bond donors (Lipinski definition) is 1. The molecule has 0 unspecified atom stereocenters. The zero-order valence-electron chi connectivity index (χ0n) is 19.2. The van der Waals surface area contributed by atoms with Crippen molar-refractivity contribution in [2.24, 2.45) is 0 Å². The van der Waals surface area contributed by atoms with Crippen LogP contribution in [0.3, 0.4) is 0 Å². The van der Waals surface area contributed by atoms with Crippen molar-refractivity contribution in [1.29, 1.82) is 0 Å². The standard InChI is InChI=1S/C27H25N3O4/c1-18-8-7-9-19(2)25(18)28-24(31)17-34-27(32)23-16-30(21-10-5-4-6-11-21)29-26(23)20-12-14-22(33-3)15-13-20/h4-16H,17H2,1-3H3,(H,28,31). The van der Waals surface area contributed by atoms with Gasteiger partial charge in [0, 0.05) is 17.4 Å². The third-order valence-electron chi connectivity index (χ3n) is 5.40. The number of rotatable bonds is 7. The molecule has 34 heavy (non-hydrogen) atoms. The molecule has 7 nitrogen and oxygen atoms in total. The summed E-state index contributed by atoms with van der Waals surface area (Å²) >= 11 is 0. The number of para-hydroxylation sites is 2. The molecule has 1 aromatic heterocycles. The molecular weight excluding hydrogens is 430 g/mol. The van der Waals surface area contributed by atoms with E-state index < -0.39 is 18.5 Å². The molecule has 0 aliphatic heterocycles. The van der Waals surface area contributed by atoms with E-state index in [1.807, 2.05) is 74.5 Å². The smallest absolute Gasteiger partial charge is 0.342 e. The summed E-state index contributed by atoms with van der Waals surface area (Å²) in [6.45, 7) is 3.41. The molecule has 3 aromatic carbocycles. The number of amides is 1. The average molecular weight is 456 g/mol. The van der Waals surface area contributed by atoms with E-state index >= 15 is 0 Å². The van der Waals surface area contributed by atoms with E-state index in [4.69, 9.17) is 9.47 Å². The lowest BCUT2D eigenvalue weighted by atomic mass is 10.1. The molecule has 1 heterocycles. The summed E-state index contributed by atoms with van der Waals surface area (Å²) in [7, 11) is 1.59. The van der Waals surface area contributed by atoms with Gasteiger partial charge in [-0.2, -0.15) is 5.10 Å². The number of aryl methyl sites for hydroxylation is 2. The molecule has 7 heteroatoms. The number of carbonyl (C=O) groups is 2. The Labute approximate surface area is 197 Å². The molecule has 0 aliphatic carbocycles. The van der Waals surface area contributed by atoms with Gasteiger partial charge in [-0.15, -0.1) is 0 Å². The summed E-state index contributed by atoms with van der Waals surface area (Å²) in [5, 5.41) is 7.44. The van der Waals surface area contributed by atoms with E-state index in [9.17, 15) is 9.59 Å². The molecule has 0 bridgehead atoms. The van der Waals surface area contributed by atoms with Crippen molar-refractivity contribution in [1.82, 2.24) is 9.78 Å². The fourth-order valence-corrected chi connectivity index (χ4v) is 3.59. The van der Waals surface area contributed by atoms with Crippen LogP contribution in [0.5, 0.6) is 5.75 Å². The van der Waals surface area contributed by atoms with E-state index in [2.05, 4.69) is 10.4 Å². The van der Waals surface area contributed by atoms with E-state index in [0.29, 0.717) is 11.4 Å². The Morgan fingerprint density at radius 3 is 2.24 bits per heavy atom. The van der Waals surface area contributed by atoms with Crippen LogP contribution in [0.25, 0.3) is 16.9 Å². The predicted octanol–water partition coefficient (Wildman–Crippen LogP) is 4.96. The quantitative estimate of drug-likeness (QED) is 0.398. The normalized spacial score (nSPS) is 10.6. The van der Waals surface area contributed by atoms with Crippen LogP contribution in [-0.4, -0.2) is 35.4 Å². The van der Waals surface area contributed by atoms with Crippen LogP contribution >= 0.6 is 0 Å². The molecule has 0 aliphatic rings. The Kier molecular flexibility index (Phi) is 6.73. The first-order chi connectivity index (χ1) is 16.5. The number of anilines is 1. The molecule has 172 valence electrons. The van der Waals surface area contributed by atoms with Crippen molar-refractivity contribution < 1.29 is 19.1 Å². The number of hydrogen-bond acceptors (Lipinski definition) is 5. The van der Waals surface area contributed by atoms with Crippen LogP contribution in [-0.2, 0) is 9.53 Å². The average Bonchev–Trinajstić information content (AvgIpc) is 3.31. The fraction of sp³-hybridized carbons (Fsp3) is 0.148. The van der Waals surface area contributed by atoms with Crippen molar-refractivity contribution in [3.63, 3.8) is 0 Å². The molecule has 1 amide bonds. The summed E-state index contributed by atoms with van der Waals surface area (Å²) in [5.74, 6) is -0.351. The van der Waals surface area contributed by atoms with Crippen molar-refractivity contribution in [2.45, 2.75) is 13.8 Å². The third-order valence-corrected chi connectivity index (χ3v) is 5.40. The van der Waals surface area contributed by atoms with Gasteiger partial charge in [0.05, 0.1) is 12.8 Å². The summed E-state index contributed by atoms with van der Waals surface area (Å²) in [6, 6.07) is 22.4. The maximum atomic E-state index is 13.0. The number of methoxy groups -OCH3 is 1. The highest BCUT2D eigenvalue weighted by Gasteiger charge is 2.21. The van der Waals surface area contributed by atoms with Crippen LogP contribution in [0.2, 0.25) is 0 Å². The highest BCUT2D eigenvalue weighted by Crippen LogP contribution is 2.26. The number of esters is 1. The zero-order chi connectivity index (χ0) is 24.1. The molecule has 0 spiro atoms. The Morgan fingerprint density at radius 1 is 0.912 bits per heavy atom. The Morgan fingerprint density at radius 2 is 1.59 bits per heavy atom. The number of aromatic nitrogens is 2. The predicted molar refractivity (Wildman–Crippen MR) is 130 cm³/mol. The van der Waals surface area contributed by atoms with Crippen LogP contribution in [0.1, 0.15) is 21.5 Å². The molecule has 0 radical (unpaired) electrons. The lowest BCUT2D eigenvalue weighted by Crippen LogP contribution is -2.22. The van der Waals surface area contributed by atoms with Gasteiger partial charge in [-0.3, -0.25) is 4.79 Å². The minimum absolute atomic E-state index is 0.258. The lowest BCUT2D eigenvalue weighted by Gasteiger charge is -2.11. The summed E-state index contributed by atoms with van der Waals surface area (Å²) in [6.07, 6.45) is 1.61. The molecule has 4 rings (SSSR count). The number of ether oxygens (including phenoxy) is 2. The molecule has 4 aromatic rings. The second-order valence-electron chi connectivity index (χ2n) is 7.79. The van der Waals surface area contributed by atoms with Gasteiger partial charge in [-0.25, -0.2) is 9.48 Å². The fourth-order valence-electron chi connectivity index (χ4n) is 3.59. The van der Waals surface area contributed by atoms with Crippen LogP contribution in [0.15, 0.2) is 79.0 Å². The zero-order valence-corrected chi connectivity index (χ0v) is 19.2. The summed E-state index contributed by atoms with van der Waals surface area (Å²) in [4.78, 5) is 25.5. The van der Waals surface area contributed by atoms with E-state index in [0.717, 1.165) is 28.1 Å². The minimum Gasteiger partial charge on any atom is -0.497 e. The van der Waals surface area contributed by atoms with Crippen LogP contribution in [0, 0.1) is 13.8 Å². The SMILES string of the molecule is COc1ccc(-c2nn(-c3ccccc3)cc2C(=O)OCC(=O)Nc2c(C)cccc2C)cc1. The van der Waals surface area contributed by atoms with Crippen LogP contribution < -0.4 is 10.1 Å². The largest absolute Gasteiger partial charge is 0.497 e. The van der Waals surface area contributed by atoms with Crippen molar-refractivity contribution >= 4 is 17.6 Å². The van der Waals surface area contributed by atoms with Crippen molar-refractivity contribution in [2.75, 3.05) is 19.0 Å². The Bertz CT molecular complexity index is 1290. The highest BCUT2D eigenvalue weighted by atomic mass is 16.5. The van der Waals surface area contributed by atoms with Gasteiger partial charge in [-0.05, 0) is 61.4 Å². The first kappa shape index (κ1) is 22.8. The van der Waals surface area contributed by atoms with Gasteiger partial charge in [0.25, 0.3) is 5.91 Å². The highest BCUT2D eigenvalue weighted by molar-refractivity contribution is 5.99. The van der Waals surface area contributed by atoms with Gasteiger partial charge in [-0.1, -0.05) is 36.4 Å². The molecule has 1 N–H and O–H groups in total. The minimum atomic E-state index is -0.635. The number of carbonyl (C=O) groups excluding carboxylic acids is 2. The third kappa shape index (κ3) is 4.99. The van der Waals surface area contributed by atoms with E-state index in [1.165, 1.54) is 0 Å². The van der Waals surface area contributed by atoms with Gasteiger partial charge in [0.1, 0.15) is 17.0 Å². The first-order valence-corrected chi connectivity index (χ1v) is 10.8. The van der Waals surface area contributed by atoms with Crippen molar-refractivity contribution in [3.8, 4) is 22.7 Å². The van der Waals surface area contributed by atoms with Gasteiger partial charge < -0.3 is 14.8 Å².